The molecule has 2 aromatic rings. The first-order chi connectivity index (χ1) is 9.13. The number of nitrogens with zero attached hydrogens (tertiary/aromatic N) is 2. The van der Waals surface area contributed by atoms with Crippen molar-refractivity contribution < 1.29 is 4.79 Å². The van der Waals surface area contributed by atoms with E-state index in [0.29, 0.717) is 13.0 Å². The van der Waals surface area contributed by atoms with Gasteiger partial charge in [0, 0.05) is 13.5 Å². The minimum atomic E-state index is 0.00248. The summed E-state index contributed by atoms with van der Waals surface area (Å²) >= 11 is 1.65. The van der Waals surface area contributed by atoms with Gasteiger partial charge >= 0.3 is 0 Å². The number of carbonyl (C=O) groups excluding carboxylic acids is 1. The van der Waals surface area contributed by atoms with E-state index in [1.54, 1.807) is 16.2 Å². The number of aromatic nitrogens is 1. The highest BCUT2D eigenvalue weighted by atomic mass is 32.1. The number of hydrogen-bond acceptors (Lipinski definition) is 4. The highest BCUT2D eigenvalue weighted by Crippen LogP contribution is 2.29. The third-order valence-corrected chi connectivity index (χ3v) is 4.44. The molecule has 4 nitrogen and oxygen atoms in total. The smallest absolute Gasteiger partial charge is 0.222 e. The van der Waals surface area contributed by atoms with Gasteiger partial charge in [0.05, 0.1) is 16.3 Å². The monoisotopic (exact) mass is 277 g/mol. The van der Waals surface area contributed by atoms with Gasteiger partial charge in [0.2, 0.25) is 5.91 Å². The fourth-order valence-electron chi connectivity index (χ4n) is 1.88. The Morgan fingerprint density at radius 2 is 2.21 bits per heavy atom. The SMILES string of the molecule is CC(c1nc2ccccc2s1)N(C)C(=O)CCCN. The van der Waals surface area contributed by atoms with Crippen molar-refractivity contribution in [3.63, 3.8) is 0 Å². The van der Waals surface area contributed by atoms with Crippen LogP contribution in [0.2, 0.25) is 0 Å². The van der Waals surface area contributed by atoms with Crippen LogP contribution in [0.5, 0.6) is 0 Å². The molecule has 0 bridgehead atoms. The van der Waals surface area contributed by atoms with Crippen LogP contribution in [0.4, 0.5) is 0 Å². The molecule has 1 heterocycles. The lowest BCUT2D eigenvalue weighted by Crippen LogP contribution is -2.29. The number of benzene rings is 1. The van der Waals surface area contributed by atoms with E-state index < -0.39 is 0 Å². The predicted octanol–water partition coefficient (Wildman–Crippen LogP) is 2.55. The van der Waals surface area contributed by atoms with Crippen LogP contribution in [0.15, 0.2) is 24.3 Å². The van der Waals surface area contributed by atoms with E-state index in [2.05, 4.69) is 11.1 Å². The number of para-hydroxylation sites is 1. The lowest BCUT2D eigenvalue weighted by Gasteiger charge is -2.23. The number of nitrogens with two attached hydrogens (primary N) is 1. The van der Waals surface area contributed by atoms with Crippen LogP contribution in [0.1, 0.15) is 30.8 Å². The summed E-state index contributed by atoms with van der Waals surface area (Å²) in [7, 11) is 1.83. The van der Waals surface area contributed by atoms with E-state index in [1.165, 1.54) is 0 Å². The van der Waals surface area contributed by atoms with Crippen LogP contribution in [0.3, 0.4) is 0 Å². The zero-order valence-electron chi connectivity index (χ0n) is 11.3. The first-order valence-corrected chi connectivity index (χ1v) is 7.26. The Morgan fingerprint density at radius 1 is 1.47 bits per heavy atom. The van der Waals surface area contributed by atoms with E-state index in [4.69, 9.17) is 5.73 Å². The maximum Gasteiger partial charge on any atom is 0.222 e. The molecule has 2 N–H and O–H groups in total. The van der Waals surface area contributed by atoms with E-state index in [9.17, 15) is 4.79 Å². The van der Waals surface area contributed by atoms with Crippen LogP contribution >= 0.6 is 11.3 Å². The lowest BCUT2D eigenvalue weighted by molar-refractivity contribution is -0.131. The summed E-state index contributed by atoms with van der Waals surface area (Å²) in [4.78, 5) is 18.3. The third kappa shape index (κ3) is 3.11. The number of amides is 1. The molecule has 5 heteroatoms. The second-order valence-corrected chi connectivity index (χ2v) is 5.65. The van der Waals surface area contributed by atoms with Crippen molar-refractivity contribution >= 4 is 27.5 Å². The van der Waals surface area contributed by atoms with Crippen LogP contribution in [0, 0.1) is 0 Å². The molecule has 0 fully saturated rings. The van der Waals surface area contributed by atoms with Gasteiger partial charge in [0.15, 0.2) is 0 Å². The Kier molecular flexibility index (Phi) is 4.50. The number of fused-ring (bicyclic) bond motifs is 1. The molecule has 0 saturated carbocycles. The second-order valence-electron chi connectivity index (χ2n) is 4.59. The molecule has 0 aliphatic rings. The summed E-state index contributed by atoms with van der Waals surface area (Å²) in [5.74, 6) is 0.122. The van der Waals surface area contributed by atoms with Crippen molar-refractivity contribution in [3.05, 3.63) is 29.3 Å². The highest BCUT2D eigenvalue weighted by molar-refractivity contribution is 7.18. The molecular formula is C14H19N3OS. The van der Waals surface area contributed by atoms with Gasteiger partial charge in [-0.1, -0.05) is 12.1 Å². The van der Waals surface area contributed by atoms with E-state index in [1.807, 2.05) is 32.2 Å². The minimum absolute atomic E-state index is 0.00248. The molecule has 1 unspecified atom stereocenters. The fourth-order valence-corrected chi connectivity index (χ4v) is 2.94. The zero-order chi connectivity index (χ0) is 13.8. The Labute approximate surface area is 117 Å². The van der Waals surface area contributed by atoms with Gasteiger partial charge in [-0.25, -0.2) is 4.98 Å². The van der Waals surface area contributed by atoms with Gasteiger partial charge in [-0.05, 0) is 32.0 Å². The van der Waals surface area contributed by atoms with Crippen LogP contribution < -0.4 is 5.73 Å². The molecule has 19 heavy (non-hydrogen) atoms. The molecular weight excluding hydrogens is 258 g/mol. The molecule has 0 radical (unpaired) electrons. The quantitative estimate of drug-likeness (QED) is 0.913. The average molecular weight is 277 g/mol. The van der Waals surface area contributed by atoms with Gasteiger partial charge in [0.1, 0.15) is 5.01 Å². The van der Waals surface area contributed by atoms with Crippen molar-refractivity contribution in [2.24, 2.45) is 5.73 Å². The van der Waals surface area contributed by atoms with Crippen molar-refractivity contribution in [2.75, 3.05) is 13.6 Å². The summed E-state index contributed by atoms with van der Waals surface area (Å²) < 4.78 is 1.16. The number of thiazole rings is 1. The standard InChI is InChI=1S/C14H19N3OS/c1-10(17(2)13(18)8-5-9-15)14-16-11-6-3-4-7-12(11)19-14/h3-4,6-7,10H,5,8-9,15H2,1-2H3. The van der Waals surface area contributed by atoms with E-state index in [-0.39, 0.29) is 11.9 Å². The molecule has 0 aliphatic heterocycles. The Balaban J connectivity index is 2.14. The maximum absolute atomic E-state index is 12.0. The molecule has 102 valence electrons. The van der Waals surface area contributed by atoms with Crippen molar-refractivity contribution in [3.8, 4) is 0 Å². The summed E-state index contributed by atoms with van der Waals surface area (Å²) in [5, 5.41) is 0.977. The van der Waals surface area contributed by atoms with Crippen molar-refractivity contribution in [1.29, 1.82) is 0 Å². The highest BCUT2D eigenvalue weighted by Gasteiger charge is 2.19. The number of hydrogen-bond donors (Lipinski definition) is 1. The largest absolute Gasteiger partial charge is 0.337 e. The topological polar surface area (TPSA) is 59.2 Å². The molecule has 1 atom stereocenters. The molecule has 0 saturated heterocycles. The maximum atomic E-state index is 12.0. The van der Waals surface area contributed by atoms with Crippen molar-refractivity contribution in [1.82, 2.24) is 9.88 Å². The summed E-state index contributed by atoms with van der Waals surface area (Å²) in [6.07, 6.45) is 1.23. The van der Waals surface area contributed by atoms with Crippen LogP contribution in [0.25, 0.3) is 10.2 Å². The van der Waals surface area contributed by atoms with E-state index >= 15 is 0 Å². The summed E-state index contributed by atoms with van der Waals surface area (Å²) in [5.41, 5.74) is 6.43. The van der Waals surface area contributed by atoms with Gasteiger partial charge in [-0.15, -0.1) is 11.3 Å². The van der Waals surface area contributed by atoms with Gasteiger partial charge in [-0.3, -0.25) is 4.79 Å². The van der Waals surface area contributed by atoms with Gasteiger partial charge in [0.25, 0.3) is 0 Å². The normalized spacial score (nSPS) is 12.6. The number of rotatable bonds is 5. The van der Waals surface area contributed by atoms with Gasteiger partial charge < -0.3 is 10.6 Å². The zero-order valence-corrected chi connectivity index (χ0v) is 12.1. The fraction of sp³-hybridized carbons (Fsp3) is 0.429. The Bertz CT molecular complexity index is 534. The average Bonchev–Trinajstić information content (AvgIpc) is 2.86. The Morgan fingerprint density at radius 3 is 2.89 bits per heavy atom. The van der Waals surface area contributed by atoms with Crippen molar-refractivity contribution in [2.45, 2.75) is 25.8 Å². The molecule has 0 spiro atoms. The second kappa shape index (κ2) is 6.12. The predicted molar refractivity (Wildman–Crippen MR) is 79.1 cm³/mol. The first-order valence-electron chi connectivity index (χ1n) is 6.44. The summed E-state index contributed by atoms with van der Waals surface area (Å²) in [6.45, 7) is 2.56. The Hall–Kier alpha value is -1.46. The minimum Gasteiger partial charge on any atom is -0.337 e. The van der Waals surface area contributed by atoms with E-state index in [0.717, 1.165) is 21.6 Å². The third-order valence-electron chi connectivity index (χ3n) is 3.24. The van der Waals surface area contributed by atoms with Crippen LogP contribution in [-0.4, -0.2) is 29.4 Å². The first kappa shape index (κ1) is 14.0. The van der Waals surface area contributed by atoms with Crippen LogP contribution in [-0.2, 0) is 4.79 Å². The summed E-state index contributed by atoms with van der Waals surface area (Å²) in [6, 6.07) is 8.04. The molecule has 1 aromatic heterocycles. The van der Waals surface area contributed by atoms with Gasteiger partial charge in [-0.2, -0.15) is 0 Å². The molecule has 0 aliphatic carbocycles. The number of carbonyl (C=O) groups is 1. The lowest BCUT2D eigenvalue weighted by atomic mass is 10.2. The molecule has 2 rings (SSSR count). The molecule has 1 aromatic carbocycles. The molecule has 1 amide bonds.